The van der Waals surface area contributed by atoms with Crippen molar-refractivity contribution in [3.05, 3.63) is 23.3 Å². The summed E-state index contributed by atoms with van der Waals surface area (Å²) < 4.78 is 12.0. The third kappa shape index (κ3) is 5.13. The molecule has 6 nitrogen and oxygen atoms in total. The Kier molecular flexibility index (Phi) is 7.45. The van der Waals surface area contributed by atoms with E-state index in [0.717, 1.165) is 61.7 Å². The van der Waals surface area contributed by atoms with Gasteiger partial charge in [0.15, 0.2) is 11.5 Å². The molecule has 0 spiro atoms. The minimum absolute atomic E-state index is 0.504. The standard InChI is InChI=1S/C28H42N4O2/c1-20(2)32-15-10-21(11-16-32)29-28-23-9-6-8-22(23)24-18-26(33-3)27(19-25(24)30-28)34-17-7-14-31-12-4-5-13-31/h18-21H,4-17H2,1-3H3,(H,29,30). The highest BCUT2D eigenvalue weighted by atomic mass is 16.5. The molecule has 3 aliphatic rings. The van der Waals surface area contributed by atoms with E-state index in [2.05, 4.69) is 41.1 Å². The number of anilines is 1. The first-order chi connectivity index (χ1) is 16.6. The molecular formula is C28H42N4O2. The van der Waals surface area contributed by atoms with Crippen LogP contribution in [-0.4, -0.2) is 73.3 Å². The van der Waals surface area contributed by atoms with Crippen molar-refractivity contribution < 1.29 is 9.47 Å². The zero-order valence-electron chi connectivity index (χ0n) is 21.4. The molecule has 0 atom stereocenters. The summed E-state index contributed by atoms with van der Waals surface area (Å²) in [4.78, 5) is 10.3. The van der Waals surface area contributed by atoms with Crippen LogP contribution in [-0.2, 0) is 12.8 Å². The van der Waals surface area contributed by atoms with Gasteiger partial charge in [0.25, 0.3) is 0 Å². The lowest BCUT2D eigenvalue weighted by Crippen LogP contribution is -2.42. The summed E-state index contributed by atoms with van der Waals surface area (Å²) in [7, 11) is 1.74. The van der Waals surface area contributed by atoms with Gasteiger partial charge in [-0.3, -0.25) is 0 Å². The Hall–Kier alpha value is -2.05. The van der Waals surface area contributed by atoms with Crippen molar-refractivity contribution in [1.82, 2.24) is 14.8 Å². The van der Waals surface area contributed by atoms with E-state index in [0.29, 0.717) is 18.7 Å². The van der Waals surface area contributed by atoms with Crippen molar-refractivity contribution in [1.29, 1.82) is 0 Å². The predicted molar refractivity (Wildman–Crippen MR) is 139 cm³/mol. The van der Waals surface area contributed by atoms with Gasteiger partial charge in [-0.15, -0.1) is 0 Å². The molecule has 1 N–H and O–H groups in total. The highest BCUT2D eigenvalue weighted by molar-refractivity contribution is 5.89. The smallest absolute Gasteiger partial charge is 0.163 e. The van der Waals surface area contributed by atoms with Crippen LogP contribution in [0.4, 0.5) is 5.82 Å². The minimum Gasteiger partial charge on any atom is -0.493 e. The third-order valence-electron chi connectivity index (χ3n) is 8.02. The Morgan fingerprint density at radius 1 is 1.00 bits per heavy atom. The molecule has 2 aromatic rings. The fraction of sp³-hybridized carbons (Fsp3) is 0.679. The Morgan fingerprint density at radius 3 is 2.50 bits per heavy atom. The van der Waals surface area contributed by atoms with Crippen LogP contribution >= 0.6 is 0 Å². The van der Waals surface area contributed by atoms with E-state index in [1.54, 1.807) is 7.11 Å². The zero-order chi connectivity index (χ0) is 23.5. The number of likely N-dealkylation sites (tertiary alicyclic amines) is 2. The average molecular weight is 467 g/mol. The molecule has 0 bridgehead atoms. The maximum Gasteiger partial charge on any atom is 0.163 e. The number of benzene rings is 1. The summed E-state index contributed by atoms with van der Waals surface area (Å²) in [6.45, 7) is 11.2. The summed E-state index contributed by atoms with van der Waals surface area (Å²) in [6, 6.07) is 5.40. The fourth-order valence-electron chi connectivity index (χ4n) is 6.00. The number of aromatic nitrogens is 1. The highest BCUT2D eigenvalue weighted by Gasteiger charge is 2.25. The first kappa shape index (κ1) is 23.7. The fourth-order valence-corrected chi connectivity index (χ4v) is 6.00. The van der Waals surface area contributed by atoms with Crippen LogP contribution in [0, 0.1) is 0 Å². The molecule has 0 unspecified atom stereocenters. The number of nitrogens with zero attached hydrogens (tertiary/aromatic N) is 3. The van der Waals surface area contributed by atoms with Gasteiger partial charge in [0.1, 0.15) is 5.82 Å². The van der Waals surface area contributed by atoms with Crippen LogP contribution in [0.1, 0.15) is 63.5 Å². The second kappa shape index (κ2) is 10.7. The lowest BCUT2D eigenvalue weighted by atomic mass is 10.0. The summed E-state index contributed by atoms with van der Waals surface area (Å²) in [5.41, 5.74) is 3.89. The molecule has 0 amide bonds. The quantitative estimate of drug-likeness (QED) is 0.532. The Labute approximate surface area is 205 Å². The number of hydrogen-bond acceptors (Lipinski definition) is 6. The summed E-state index contributed by atoms with van der Waals surface area (Å²) in [5, 5.41) is 5.08. The number of ether oxygens (including phenoxy) is 2. The summed E-state index contributed by atoms with van der Waals surface area (Å²) in [5.74, 6) is 2.75. The van der Waals surface area contributed by atoms with Gasteiger partial charge in [0, 0.05) is 43.2 Å². The van der Waals surface area contributed by atoms with Gasteiger partial charge in [-0.2, -0.15) is 0 Å². The van der Waals surface area contributed by atoms with Crippen LogP contribution in [0.3, 0.4) is 0 Å². The molecule has 2 saturated heterocycles. The van der Waals surface area contributed by atoms with Crippen molar-refractivity contribution in [3.8, 4) is 11.5 Å². The first-order valence-electron chi connectivity index (χ1n) is 13.5. The van der Waals surface area contributed by atoms with E-state index in [1.807, 2.05) is 0 Å². The van der Waals surface area contributed by atoms with Crippen molar-refractivity contribution in [2.75, 3.05) is 51.8 Å². The number of pyridine rings is 1. The SMILES string of the molecule is COc1cc2c3c(c(NC4CCN(C(C)C)CC4)nc2cc1OCCCN1CCCC1)CCC3. The minimum atomic E-state index is 0.504. The molecule has 1 aromatic heterocycles. The number of rotatable bonds is 9. The van der Waals surface area contributed by atoms with E-state index < -0.39 is 0 Å². The van der Waals surface area contributed by atoms with Gasteiger partial charge in [0.05, 0.1) is 19.2 Å². The van der Waals surface area contributed by atoms with Gasteiger partial charge in [-0.05, 0) is 95.5 Å². The van der Waals surface area contributed by atoms with Crippen LogP contribution in [0.2, 0.25) is 0 Å². The first-order valence-corrected chi connectivity index (χ1v) is 13.5. The van der Waals surface area contributed by atoms with Crippen LogP contribution in [0.15, 0.2) is 12.1 Å². The molecular weight excluding hydrogens is 424 g/mol. The number of hydrogen-bond donors (Lipinski definition) is 1. The molecule has 0 radical (unpaired) electrons. The second-order valence-corrected chi connectivity index (χ2v) is 10.6. The molecule has 0 saturated carbocycles. The molecule has 1 aliphatic carbocycles. The zero-order valence-corrected chi connectivity index (χ0v) is 21.4. The van der Waals surface area contributed by atoms with Gasteiger partial charge in [0.2, 0.25) is 0 Å². The Morgan fingerprint density at radius 2 is 1.76 bits per heavy atom. The maximum absolute atomic E-state index is 6.22. The van der Waals surface area contributed by atoms with E-state index in [4.69, 9.17) is 14.5 Å². The van der Waals surface area contributed by atoms with E-state index in [-0.39, 0.29) is 0 Å². The molecule has 2 fully saturated rings. The van der Waals surface area contributed by atoms with Gasteiger partial charge in [-0.25, -0.2) is 4.98 Å². The van der Waals surface area contributed by atoms with Gasteiger partial charge < -0.3 is 24.6 Å². The lowest BCUT2D eigenvalue weighted by Gasteiger charge is -2.35. The number of aryl methyl sites for hydroxylation is 1. The highest BCUT2D eigenvalue weighted by Crippen LogP contribution is 2.39. The Balaban J connectivity index is 1.33. The number of fused-ring (bicyclic) bond motifs is 3. The van der Waals surface area contributed by atoms with E-state index >= 15 is 0 Å². The molecule has 5 rings (SSSR count). The predicted octanol–water partition coefficient (Wildman–Crippen LogP) is 4.88. The molecule has 2 aliphatic heterocycles. The van der Waals surface area contributed by atoms with Gasteiger partial charge in [-0.1, -0.05) is 0 Å². The second-order valence-electron chi connectivity index (χ2n) is 10.6. The lowest BCUT2D eigenvalue weighted by molar-refractivity contribution is 0.177. The Bertz CT molecular complexity index is 978. The molecule has 1 aromatic carbocycles. The van der Waals surface area contributed by atoms with E-state index in [1.165, 1.54) is 61.7 Å². The molecule has 186 valence electrons. The van der Waals surface area contributed by atoms with Crippen molar-refractivity contribution in [2.24, 2.45) is 0 Å². The van der Waals surface area contributed by atoms with Crippen LogP contribution in [0.5, 0.6) is 11.5 Å². The normalized spacial score (nSPS) is 19.8. The average Bonchev–Trinajstić information content (AvgIpc) is 3.54. The monoisotopic (exact) mass is 466 g/mol. The van der Waals surface area contributed by atoms with Crippen LogP contribution in [0.25, 0.3) is 10.9 Å². The number of methoxy groups -OCH3 is 1. The maximum atomic E-state index is 6.22. The van der Waals surface area contributed by atoms with Crippen molar-refractivity contribution in [3.63, 3.8) is 0 Å². The largest absolute Gasteiger partial charge is 0.493 e. The third-order valence-corrected chi connectivity index (χ3v) is 8.02. The molecule has 6 heteroatoms. The number of piperidine rings is 1. The van der Waals surface area contributed by atoms with Crippen LogP contribution < -0.4 is 14.8 Å². The van der Waals surface area contributed by atoms with Crippen molar-refractivity contribution in [2.45, 2.75) is 77.3 Å². The molecule has 3 heterocycles. The summed E-state index contributed by atoms with van der Waals surface area (Å²) >= 11 is 0. The topological polar surface area (TPSA) is 49.9 Å². The van der Waals surface area contributed by atoms with Crippen molar-refractivity contribution >= 4 is 16.7 Å². The summed E-state index contributed by atoms with van der Waals surface area (Å²) in [6.07, 6.45) is 9.51. The molecule has 34 heavy (non-hydrogen) atoms. The van der Waals surface area contributed by atoms with E-state index in [9.17, 15) is 0 Å². The van der Waals surface area contributed by atoms with Gasteiger partial charge >= 0.3 is 0 Å². The number of nitrogens with one attached hydrogen (secondary N) is 1.